The highest BCUT2D eigenvalue weighted by atomic mass is 16.5. The maximum atomic E-state index is 13.4. The summed E-state index contributed by atoms with van der Waals surface area (Å²) in [7, 11) is 4.09. The van der Waals surface area contributed by atoms with Crippen LogP contribution in [0.25, 0.3) is 10.8 Å². The highest BCUT2D eigenvalue weighted by Crippen LogP contribution is 2.40. The maximum Gasteiger partial charge on any atom is 0.254 e. The van der Waals surface area contributed by atoms with Crippen LogP contribution in [-0.2, 0) is 4.74 Å². The van der Waals surface area contributed by atoms with E-state index in [4.69, 9.17) is 4.74 Å². The first-order valence-corrected chi connectivity index (χ1v) is 9.66. The lowest BCUT2D eigenvalue weighted by Gasteiger charge is -2.45. The van der Waals surface area contributed by atoms with Gasteiger partial charge in [-0.15, -0.1) is 0 Å². The van der Waals surface area contributed by atoms with E-state index in [9.17, 15) is 4.79 Å². The van der Waals surface area contributed by atoms with Gasteiger partial charge >= 0.3 is 0 Å². The van der Waals surface area contributed by atoms with Crippen molar-refractivity contribution in [1.29, 1.82) is 0 Å². The highest BCUT2D eigenvalue weighted by Gasteiger charge is 2.38. The number of likely N-dealkylation sites (tertiary alicyclic amines) is 1. The lowest BCUT2D eigenvalue weighted by molar-refractivity contribution is -0.0229. The summed E-state index contributed by atoms with van der Waals surface area (Å²) in [6.07, 6.45) is 4.48. The van der Waals surface area contributed by atoms with Gasteiger partial charge in [-0.05, 0) is 48.6 Å². The summed E-state index contributed by atoms with van der Waals surface area (Å²) in [6, 6.07) is 12.3. The molecule has 0 aromatic heterocycles. The summed E-state index contributed by atoms with van der Waals surface area (Å²) in [6.45, 7) is 3.41. The molecule has 0 bridgehead atoms. The van der Waals surface area contributed by atoms with Gasteiger partial charge < -0.3 is 14.5 Å². The van der Waals surface area contributed by atoms with E-state index in [0.717, 1.165) is 67.6 Å². The molecule has 4 heteroatoms. The summed E-state index contributed by atoms with van der Waals surface area (Å²) in [5.41, 5.74) is 2.25. The lowest BCUT2D eigenvalue weighted by Crippen LogP contribution is -2.48. The van der Waals surface area contributed by atoms with Crippen LogP contribution in [0.4, 0.5) is 5.69 Å². The molecule has 0 atom stereocenters. The van der Waals surface area contributed by atoms with Gasteiger partial charge in [0.15, 0.2) is 0 Å². The van der Waals surface area contributed by atoms with Crippen LogP contribution in [0.3, 0.4) is 0 Å². The van der Waals surface area contributed by atoms with E-state index in [2.05, 4.69) is 28.0 Å². The predicted molar refractivity (Wildman–Crippen MR) is 106 cm³/mol. The Morgan fingerprint density at radius 1 is 1.04 bits per heavy atom. The van der Waals surface area contributed by atoms with Crippen molar-refractivity contribution in [2.45, 2.75) is 25.7 Å². The van der Waals surface area contributed by atoms with Crippen molar-refractivity contribution in [2.75, 3.05) is 45.3 Å². The van der Waals surface area contributed by atoms with Gasteiger partial charge in [0.1, 0.15) is 0 Å². The van der Waals surface area contributed by atoms with Crippen LogP contribution in [0, 0.1) is 5.41 Å². The Bertz CT molecular complexity index is 803. The first kappa shape index (κ1) is 17.3. The average molecular weight is 352 g/mol. The molecular weight excluding hydrogens is 324 g/mol. The number of piperidine rings is 1. The van der Waals surface area contributed by atoms with E-state index in [0.29, 0.717) is 0 Å². The summed E-state index contributed by atoms with van der Waals surface area (Å²) in [5.74, 6) is 0.178. The number of anilines is 1. The molecule has 0 radical (unpaired) electrons. The SMILES string of the molecule is CN(C)c1ccc(C(=O)N2CCCC3(CCOCC3)C2)c2ccccc12. The predicted octanol–water partition coefficient (Wildman–Crippen LogP) is 3.94. The van der Waals surface area contributed by atoms with Crippen LogP contribution in [-0.4, -0.2) is 51.2 Å². The summed E-state index contributed by atoms with van der Waals surface area (Å²) in [5, 5.41) is 2.19. The molecule has 2 saturated heterocycles. The fourth-order valence-corrected chi connectivity index (χ4v) is 4.62. The number of rotatable bonds is 2. The maximum absolute atomic E-state index is 13.4. The second-order valence-corrected chi connectivity index (χ2v) is 8.01. The molecular formula is C22H28N2O2. The zero-order chi connectivity index (χ0) is 18.1. The van der Waals surface area contributed by atoms with E-state index in [1.165, 1.54) is 6.42 Å². The first-order chi connectivity index (χ1) is 12.6. The number of fused-ring (bicyclic) bond motifs is 1. The third-order valence-corrected chi connectivity index (χ3v) is 6.12. The van der Waals surface area contributed by atoms with Crippen LogP contribution in [0.1, 0.15) is 36.0 Å². The number of ether oxygens (including phenoxy) is 1. The van der Waals surface area contributed by atoms with Crippen molar-refractivity contribution in [3.63, 3.8) is 0 Å². The summed E-state index contributed by atoms with van der Waals surface area (Å²) >= 11 is 0. The number of benzene rings is 2. The molecule has 4 nitrogen and oxygen atoms in total. The molecule has 1 amide bonds. The minimum absolute atomic E-state index is 0.178. The van der Waals surface area contributed by atoms with Gasteiger partial charge in [-0.3, -0.25) is 4.79 Å². The van der Waals surface area contributed by atoms with Gasteiger partial charge in [0, 0.05) is 57.0 Å². The van der Waals surface area contributed by atoms with Crippen molar-refractivity contribution in [2.24, 2.45) is 5.41 Å². The topological polar surface area (TPSA) is 32.8 Å². The molecule has 2 aromatic rings. The van der Waals surface area contributed by atoms with E-state index in [1.54, 1.807) is 0 Å². The molecule has 2 fully saturated rings. The van der Waals surface area contributed by atoms with Crippen molar-refractivity contribution in [3.05, 3.63) is 42.0 Å². The fourth-order valence-electron chi connectivity index (χ4n) is 4.62. The molecule has 0 saturated carbocycles. The number of hydrogen-bond donors (Lipinski definition) is 0. The number of carbonyl (C=O) groups excluding carboxylic acids is 1. The quantitative estimate of drug-likeness (QED) is 0.821. The van der Waals surface area contributed by atoms with Crippen LogP contribution in [0.15, 0.2) is 36.4 Å². The fraction of sp³-hybridized carbons (Fsp3) is 0.500. The number of hydrogen-bond acceptors (Lipinski definition) is 3. The van der Waals surface area contributed by atoms with Gasteiger partial charge in [-0.2, -0.15) is 0 Å². The third kappa shape index (κ3) is 3.07. The van der Waals surface area contributed by atoms with Crippen LogP contribution >= 0.6 is 0 Å². The number of amides is 1. The normalized spacial score (nSPS) is 19.7. The van der Waals surface area contributed by atoms with Gasteiger partial charge in [0.25, 0.3) is 5.91 Å². The summed E-state index contributed by atoms with van der Waals surface area (Å²) < 4.78 is 5.56. The molecule has 1 spiro atoms. The Balaban J connectivity index is 1.67. The number of carbonyl (C=O) groups is 1. The van der Waals surface area contributed by atoms with Crippen molar-refractivity contribution >= 4 is 22.4 Å². The van der Waals surface area contributed by atoms with Crippen molar-refractivity contribution < 1.29 is 9.53 Å². The number of nitrogens with zero attached hydrogens (tertiary/aromatic N) is 2. The molecule has 0 N–H and O–H groups in total. The second-order valence-electron chi connectivity index (χ2n) is 8.01. The van der Waals surface area contributed by atoms with E-state index >= 15 is 0 Å². The van der Waals surface area contributed by atoms with E-state index in [1.807, 2.05) is 32.3 Å². The highest BCUT2D eigenvalue weighted by molar-refractivity contribution is 6.10. The van der Waals surface area contributed by atoms with Crippen molar-refractivity contribution in [1.82, 2.24) is 4.90 Å². The van der Waals surface area contributed by atoms with Gasteiger partial charge in [-0.25, -0.2) is 0 Å². The molecule has 26 heavy (non-hydrogen) atoms. The standard InChI is InChI=1S/C22H28N2O2/c1-23(2)20-9-8-19(17-6-3-4-7-18(17)20)21(25)24-13-5-10-22(16-24)11-14-26-15-12-22/h3-4,6-9H,5,10-16H2,1-2H3. The van der Waals surface area contributed by atoms with E-state index < -0.39 is 0 Å². The molecule has 138 valence electrons. The largest absolute Gasteiger partial charge is 0.381 e. The van der Waals surface area contributed by atoms with Gasteiger partial charge in [-0.1, -0.05) is 24.3 Å². The Labute approximate surface area is 155 Å². The Morgan fingerprint density at radius 3 is 2.50 bits per heavy atom. The molecule has 2 heterocycles. The minimum Gasteiger partial charge on any atom is -0.381 e. The molecule has 0 unspecified atom stereocenters. The molecule has 2 aliphatic rings. The van der Waals surface area contributed by atoms with Crippen LogP contribution in [0.2, 0.25) is 0 Å². The molecule has 0 aliphatic carbocycles. The Kier molecular flexibility index (Phi) is 4.62. The Hall–Kier alpha value is -2.07. The van der Waals surface area contributed by atoms with E-state index in [-0.39, 0.29) is 11.3 Å². The lowest BCUT2D eigenvalue weighted by atomic mass is 9.74. The smallest absolute Gasteiger partial charge is 0.254 e. The zero-order valence-corrected chi connectivity index (χ0v) is 15.8. The minimum atomic E-state index is 0.178. The van der Waals surface area contributed by atoms with Gasteiger partial charge in [0.05, 0.1) is 0 Å². The first-order valence-electron chi connectivity index (χ1n) is 9.66. The Morgan fingerprint density at radius 2 is 1.77 bits per heavy atom. The van der Waals surface area contributed by atoms with Gasteiger partial charge in [0.2, 0.25) is 0 Å². The van der Waals surface area contributed by atoms with Crippen LogP contribution < -0.4 is 4.90 Å². The molecule has 2 aromatic carbocycles. The third-order valence-electron chi connectivity index (χ3n) is 6.12. The van der Waals surface area contributed by atoms with Crippen LogP contribution in [0.5, 0.6) is 0 Å². The molecule has 4 rings (SSSR count). The molecule has 2 aliphatic heterocycles. The monoisotopic (exact) mass is 352 g/mol. The zero-order valence-electron chi connectivity index (χ0n) is 15.8. The van der Waals surface area contributed by atoms with Crippen molar-refractivity contribution in [3.8, 4) is 0 Å². The summed E-state index contributed by atoms with van der Waals surface area (Å²) in [4.78, 5) is 17.6. The second kappa shape index (κ2) is 6.92. The average Bonchev–Trinajstić information content (AvgIpc) is 2.67.